The molecule has 0 aliphatic heterocycles. The molecular weight excluding hydrogens is 394 g/mol. The van der Waals surface area contributed by atoms with E-state index in [0.717, 1.165) is 34.9 Å². The molecule has 0 N–H and O–H groups in total. The summed E-state index contributed by atoms with van der Waals surface area (Å²) < 4.78 is 18.5. The zero-order chi connectivity index (χ0) is 18.4. The molecule has 138 valence electrons. The summed E-state index contributed by atoms with van der Waals surface area (Å²) in [6.45, 7) is 10.7. The third kappa shape index (κ3) is 3.66. The number of hydrogen-bond acceptors (Lipinski definition) is 1. The fourth-order valence-electron chi connectivity index (χ4n) is 4.49. The smallest absolute Gasteiger partial charge is 0.145 e. The molecule has 1 spiro atoms. The zero-order valence-electron chi connectivity index (χ0n) is 16.1. The molecule has 0 unspecified atom stereocenters. The highest BCUT2D eigenvalue weighted by atomic mass is 79.9. The molecule has 4 atom stereocenters. The molecule has 1 aromatic carbocycles. The van der Waals surface area contributed by atoms with Crippen LogP contribution in [-0.2, 0) is 17.4 Å². The van der Waals surface area contributed by atoms with E-state index in [-0.39, 0.29) is 10.2 Å². The maximum Gasteiger partial charge on any atom is 0.145 e. The number of hydrogen-bond donors (Lipinski definition) is 0. The van der Waals surface area contributed by atoms with E-state index >= 15 is 0 Å². The van der Waals surface area contributed by atoms with Gasteiger partial charge in [0, 0.05) is 15.5 Å². The maximum atomic E-state index is 12.9. The van der Waals surface area contributed by atoms with Crippen molar-refractivity contribution in [2.24, 2.45) is 21.6 Å². The highest BCUT2D eigenvalue weighted by Gasteiger charge is 2.48. The third-order valence-corrected chi connectivity index (χ3v) is 8.01. The minimum atomic E-state index is -1.22. The van der Waals surface area contributed by atoms with Gasteiger partial charge >= 0.3 is 0 Å². The van der Waals surface area contributed by atoms with Crippen molar-refractivity contribution in [1.29, 1.82) is 0 Å². The van der Waals surface area contributed by atoms with E-state index in [9.17, 15) is 4.21 Å². The monoisotopic (exact) mass is 423 g/mol. The van der Waals surface area contributed by atoms with Crippen LogP contribution in [0.5, 0.6) is 0 Å². The minimum absolute atomic E-state index is 0.0806. The first-order chi connectivity index (χ1) is 11.7. The van der Waals surface area contributed by atoms with Crippen LogP contribution in [0.2, 0.25) is 0 Å². The van der Waals surface area contributed by atoms with Crippen molar-refractivity contribution in [1.82, 2.24) is 0 Å². The van der Waals surface area contributed by atoms with Crippen LogP contribution in [-0.4, -0.2) is 14.7 Å². The van der Waals surface area contributed by atoms with Crippen molar-refractivity contribution < 1.29 is 4.21 Å². The lowest BCUT2D eigenvalue weighted by atomic mass is 9.63. The Labute approximate surface area is 163 Å². The fourth-order valence-corrected chi connectivity index (χ4v) is 5.58. The largest absolute Gasteiger partial charge is 0.234 e. The van der Waals surface area contributed by atoms with E-state index in [1.807, 2.05) is 20.8 Å². The molecule has 2 aliphatic carbocycles. The lowest BCUT2D eigenvalue weighted by molar-refractivity contribution is 0.152. The van der Waals surface area contributed by atoms with Gasteiger partial charge in [-0.2, -0.15) is 4.40 Å². The van der Waals surface area contributed by atoms with Crippen molar-refractivity contribution in [2.75, 3.05) is 0 Å². The Bertz CT molecular complexity index is 721. The molecule has 0 saturated heterocycles. The molecular formula is C21H30BrNOS. The highest BCUT2D eigenvalue weighted by molar-refractivity contribution is 9.10. The van der Waals surface area contributed by atoms with E-state index in [1.165, 1.54) is 30.4 Å². The molecule has 1 fully saturated rings. The summed E-state index contributed by atoms with van der Waals surface area (Å²) in [7, 11) is -1.22. The quantitative estimate of drug-likeness (QED) is 0.565. The van der Waals surface area contributed by atoms with E-state index in [0.29, 0.717) is 0 Å². The molecule has 1 aromatic rings. The van der Waals surface area contributed by atoms with Crippen molar-refractivity contribution in [2.45, 2.75) is 71.5 Å². The molecule has 0 bridgehead atoms. The summed E-state index contributed by atoms with van der Waals surface area (Å²) >= 11 is 3.61. The Morgan fingerprint density at radius 2 is 2.08 bits per heavy atom. The molecule has 1 saturated carbocycles. The van der Waals surface area contributed by atoms with Crippen molar-refractivity contribution in [3.63, 3.8) is 0 Å². The van der Waals surface area contributed by atoms with Gasteiger partial charge in [0.25, 0.3) is 0 Å². The van der Waals surface area contributed by atoms with Gasteiger partial charge in [-0.25, -0.2) is 4.21 Å². The Hall–Kier alpha value is -0.480. The van der Waals surface area contributed by atoms with Gasteiger partial charge in [0.2, 0.25) is 0 Å². The van der Waals surface area contributed by atoms with Crippen LogP contribution in [0.15, 0.2) is 27.1 Å². The molecule has 2 nitrogen and oxygen atoms in total. The predicted molar refractivity (Wildman–Crippen MR) is 112 cm³/mol. The van der Waals surface area contributed by atoms with Gasteiger partial charge in [-0.05, 0) is 76.0 Å². The number of benzene rings is 1. The first kappa shape index (κ1) is 19.3. The maximum absolute atomic E-state index is 12.9. The van der Waals surface area contributed by atoms with E-state index < -0.39 is 11.0 Å². The van der Waals surface area contributed by atoms with Crippen LogP contribution in [0.4, 0.5) is 0 Å². The highest BCUT2D eigenvalue weighted by Crippen LogP contribution is 2.52. The van der Waals surface area contributed by atoms with Gasteiger partial charge < -0.3 is 0 Å². The summed E-state index contributed by atoms with van der Waals surface area (Å²) in [5.41, 5.74) is 3.79. The molecule has 0 radical (unpaired) electrons. The van der Waals surface area contributed by atoms with Gasteiger partial charge in [0.05, 0.1) is 10.5 Å². The van der Waals surface area contributed by atoms with Crippen molar-refractivity contribution in [3.05, 3.63) is 33.8 Å². The average molecular weight is 424 g/mol. The van der Waals surface area contributed by atoms with E-state index in [1.54, 1.807) is 0 Å². The second kappa shape index (κ2) is 6.92. The first-order valence-electron chi connectivity index (χ1n) is 9.46. The standard InChI is InChI=1S/C21H30BrNOS/c1-6-15-12-21(10-9-14(15)2)13-16-7-8-17(22)11-18(16)19(21)23-25(24)20(3,4)5/h7-8,11,14-15H,6,9-10,12-13H2,1-5H3/t14-,15-,21-,25+/m1/s1. The summed E-state index contributed by atoms with van der Waals surface area (Å²) in [5.74, 6) is 1.51. The average Bonchev–Trinajstić information content (AvgIpc) is 2.82. The Kier molecular flexibility index (Phi) is 5.34. The van der Waals surface area contributed by atoms with Crippen LogP contribution in [0.3, 0.4) is 0 Å². The number of nitrogens with zero attached hydrogens (tertiary/aromatic N) is 1. The van der Waals surface area contributed by atoms with Crippen molar-refractivity contribution >= 4 is 32.6 Å². The topological polar surface area (TPSA) is 29.4 Å². The van der Waals surface area contributed by atoms with Crippen LogP contribution >= 0.6 is 15.9 Å². The normalized spacial score (nSPS) is 32.2. The SMILES string of the molecule is CC[C@@H]1C[C@]2(CC[C@H]1C)Cc1ccc(Br)cc1C2=N[S@@](=O)C(C)(C)C. The summed E-state index contributed by atoms with van der Waals surface area (Å²) in [5, 5.41) is 0. The lowest BCUT2D eigenvalue weighted by Gasteiger charge is -2.42. The van der Waals surface area contributed by atoms with Crippen LogP contribution < -0.4 is 0 Å². The van der Waals surface area contributed by atoms with Crippen LogP contribution in [0.25, 0.3) is 0 Å². The van der Waals surface area contributed by atoms with Gasteiger partial charge in [0.1, 0.15) is 11.0 Å². The molecule has 0 aromatic heterocycles. The molecule has 4 heteroatoms. The van der Waals surface area contributed by atoms with Gasteiger partial charge in [-0.3, -0.25) is 0 Å². The lowest BCUT2D eigenvalue weighted by Crippen LogP contribution is -2.38. The van der Waals surface area contributed by atoms with E-state index in [2.05, 4.69) is 48.0 Å². The predicted octanol–water partition coefficient (Wildman–Crippen LogP) is 6.09. The number of rotatable bonds is 2. The third-order valence-electron chi connectivity index (χ3n) is 6.12. The Morgan fingerprint density at radius 3 is 2.72 bits per heavy atom. The fraction of sp³-hybridized carbons (Fsp3) is 0.667. The molecule has 3 rings (SSSR count). The van der Waals surface area contributed by atoms with Gasteiger partial charge in [-0.15, -0.1) is 0 Å². The van der Waals surface area contributed by atoms with Crippen LogP contribution in [0.1, 0.15) is 71.4 Å². The van der Waals surface area contributed by atoms with Crippen molar-refractivity contribution in [3.8, 4) is 0 Å². The molecule has 25 heavy (non-hydrogen) atoms. The van der Waals surface area contributed by atoms with Crippen LogP contribution in [0, 0.1) is 17.3 Å². The zero-order valence-corrected chi connectivity index (χ0v) is 18.5. The number of fused-ring (bicyclic) bond motifs is 1. The summed E-state index contributed by atoms with van der Waals surface area (Å²) in [6, 6.07) is 6.53. The molecule has 2 aliphatic rings. The minimum Gasteiger partial charge on any atom is -0.234 e. The molecule has 0 heterocycles. The second-order valence-electron chi connectivity index (χ2n) is 8.95. The second-order valence-corrected chi connectivity index (χ2v) is 11.8. The molecule has 0 amide bonds. The van der Waals surface area contributed by atoms with E-state index in [4.69, 9.17) is 4.40 Å². The summed E-state index contributed by atoms with van der Waals surface area (Å²) in [6.07, 6.45) is 5.86. The Morgan fingerprint density at radius 1 is 1.36 bits per heavy atom. The van der Waals surface area contributed by atoms with Gasteiger partial charge in [-0.1, -0.05) is 42.3 Å². The first-order valence-corrected chi connectivity index (χ1v) is 11.4. The number of halogens is 1. The van der Waals surface area contributed by atoms with Gasteiger partial charge in [0.15, 0.2) is 0 Å². The Balaban J connectivity index is 2.09. The summed E-state index contributed by atoms with van der Waals surface area (Å²) in [4.78, 5) is 0.